The second kappa shape index (κ2) is 10.3. The Labute approximate surface area is 187 Å². The van der Waals surface area contributed by atoms with Crippen LogP contribution in [-0.4, -0.2) is 56.3 Å². The highest BCUT2D eigenvalue weighted by Gasteiger charge is 2.19. The number of anilines is 1. The van der Waals surface area contributed by atoms with Gasteiger partial charge < -0.3 is 9.80 Å². The minimum Gasteiger partial charge on any atom is -0.333 e. The number of halogens is 1. The van der Waals surface area contributed by atoms with Gasteiger partial charge in [-0.25, -0.2) is 12.8 Å². The Kier molecular flexibility index (Phi) is 7.55. The maximum atomic E-state index is 13.2. The van der Waals surface area contributed by atoms with Crippen LogP contribution in [0.3, 0.4) is 0 Å². The maximum absolute atomic E-state index is 13.2. The van der Waals surface area contributed by atoms with Crippen LogP contribution >= 0.6 is 0 Å². The van der Waals surface area contributed by atoms with Crippen LogP contribution in [0.5, 0.6) is 0 Å². The van der Waals surface area contributed by atoms with E-state index in [-0.39, 0.29) is 16.6 Å². The fraction of sp³-hybridized carbons (Fsp3) is 0.217. The van der Waals surface area contributed by atoms with Gasteiger partial charge in [-0.2, -0.15) is 0 Å². The van der Waals surface area contributed by atoms with E-state index in [0.717, 1.165) is 5.56 Å². The van der Waals surface area contributed by atoms with Crippen molar-refractivity contribution in [2.45, 2.75) is 11.4 Å². The normalized spacial score (nSPS) is 11.4. The summed E-state index contributed by atoms with van der Waals surface area (Å²) in [5, 5.41) is 0. The SMILES string of the molecule is CN(C)CCN(Cc1ccc(F)cc1)C(=O)c1ccc(S(=O)(=O)Nc2ccncc2)cc1. The molecule has 0 radical (unpaired) electrons. The Hall–Kier alpha value is -3.30. The topological polar surface area (TPSA) is 82.6 Å². The first-order chi connectivity index (χ1) is 15.2. The fourth-order valence-electron chi connectivity index (χ4n) is 2.98. The van der Waals surface area contributed by atoms with Gasteiger partial charge in [0.1, 0.15) is 5.82 Å². The number of carbonyl (C=O) groups excluding carboxylic acids is 1. The zero-order valence-corrected chi connectivity index (χ0v) is 18.7. The standard InChI is InChI=1S/C23H25FN4O3S/c1-27(2)15-16-28(17-18-3-7-20(24)8-4-18)23(29)19-5-9-22(10-6-19)32(30,31)26-21-11-13-25-14-12-21/h3-14H,15-17H2,1-2H3,(H,25,26). The van der Waals surface area contributed by atoms with E-state index < -0.39 is 10.0 Å². The molecule has 168 valence electrons. The molecular formula is C23H25FN4O3S. The Morgan fingerprint density at radius 3 is 2.16 bits per heavy atom. The molecule has 0 aliphatic rings. The van der Waals surface area contributed by atoms with E-state index in [1.54, 1.807) is 29.2 Å². The lowest BCUT2D eigenvalue weighted by molar-refractivity contribution is 0.0732. The summed E-state index contributed by atoms with van der Waals surface area (Å²) in [6, 6.07) is 14.9. The first-order valence-corrected chi connectivity index (χ1v) is 11.4. The van der Waals surface area contributed by atoms with E-state index in [0.29, 0.717) is 30.9 Å². The van der Waals surface area contributed by atoms with Crippen LogP contribution in [-0.2, 0) is 16.6 Å². The van der Waals surface area contributed by atoms with Gasteiger partial charge in [0.05, 0.1) is 10.6 Å². The minimum atomic E-state index is -3.79. The highest BCUT2D eigenvalue weighted by molar-refractivity contribution is 7.92. The van der Waals surface area contributed by atoms with Gasteiger partial charge in [0.25, 0.3) is 15.9 Å². The minimum absolute atomic E-state index is 0.0456. The van der Waals surface area contributed by atoms with Gasteiger partial charge in [-0.1, -0.05) is 12.1 Å². The van der Waals surface area contributed by atoms with Crippen molar-refractivity contribution in [1.82, 2.24) is 14.8 Å². The molecule has 0 fully saturated rings. The molecule has 0 bridgehead atoms. The zero-order chi connectivity index (χ0) is 23.1. The molecule has 0 unspecified atom stereocenters. The lowest BCUT2D eigenvalue weighted by Crippen LogP contribution is -2.36. The quantitative estimate of drug-likeness (QED) is 0.535. The van der Waals surface area contributed by atoms with Gasteiger partial charge in [-0.05, 0) is 68.2 Å². The van der Waals surface area contributed by atoms with E-state index >= 15 is 0 Å². The molecule has 0 atom stereocenters. The van der Waals surface area contributed by atoms with Crippen molar-refractivity contribution >= 4 is 21.6 Å². The van der Waals surface area contributed by atoms with Gasteiger partial charge >= 0.3 is 0 Å². The Balaban J connectivity index is 1.77. The summed E-state index contributed by atoms with van der Waals surface area (Å²) in [7, 11) is 0.0304. The van der Waals surface area contributed by atoms with E-state index in [9.17, 15) is 17.6 Å². The highest BCUT2D eigenvalue weighted by atomic mass is 32.2. The number of hydrogen-bond acceptors (Lipinski definition) is 5. The van der Waals surface area contributed by atoms with Gasteiger partial charge in [0.2, 0.25) is 0 Å². The first kappa shape index (κ1) is 23.4. The number of carbonyl (C=O) groups is 1. The van der Waals surface area contributed by atoms with Crippen molar-refractivity contribution in [3.63, 3.8) is 0 Å². The number of hydrogen-bond donors (Lipinski definition) is 1. The number of benzene rings is 2. The van der Waals surface area contributed by atoms with Crippen LogP contribution in [0.15, 0.2) is 78.0 Å². The summed E-state index contributed by atoms with van der Waals surface area (Å²) in [6.45, 7) is 1.43. The molecular weight excluding hydrogens is 431 g/mol. The van der Waals surface area contributed by atoms with Crippen LogP contribution in [0.1, 0.15) is 15.9 Å². The molecule has 1 aromatic heterocycles. The average Bonchev–Trinajstić information content (AvgIpc) is 2.78. The van der Waals surface area contributed by atoms with Gasteiger partial charge in [0, 0.05) is 37.6 Å². The predicted molar refractivity (Wildman–Crippen MR) is 121 cm³/mol. The second-order valence-corrected chi connectivity index (χ2v) is 9.20. The van der Waals surface area contributed by atoms with Crippen molar-refractivity contribution in [3.8, 4) is 0 Å². The molecule has 0 aliphatic heterocycles. The van der Waals surface area contributed by atoms with Crippen LogP contribution in [0, 0.1) is 5.82 Å². The van der Waals surface area contributed by atoms with Gasteiger partial charge in [-0.3, -0.25) is 14.5 Å². The first-order valence-electron chi connectivity index (χ1n) is 9.96. The summed E-state index contributed by atoms with van der Waals surface area (Å²) in [5.41, 5.74) is 1.57. The lowest BCUT2D eigenvalue weighted by Gasteiger charge is -2.25. The summed E-state index contributed by atoms with van der Waals surface area (Å²) in [4.78, 5) is 20.7. The molecule has 0 saturated carbocycles. The molecule has 3 rings (SSSR count). The largest absolute Gasteiger partial charge is 0.333 e. The molecule has 32 heavy (non-hydrogen) atoms. The summed E-state index contributed by atoms with van der Waals surface area (Å²) in [5.74, 6) is -0.570. The van der Waals surface area contributed by atoms with Crippen LogP contribution in [0.25, 0.3) is 0 Å². The van der Waals surface area contributed by atoms with Crippen LogP contribution in [0.2, 0.25) is 0 Å². The lowest BCUT2D eigenvalue weighted by atomic mass is 10.1. The van der Waals surface area contributed by atoms with Gasteiger partial charge in [-0.15, -0.1) is 0 Å². The van der Waals surface area contributed by atoms with Crippen molar-refractivity contribution in [1.29, 1.82) is 0 Å². The van der Waals surface area contributed by atoms with E-state index in [1.165, 1.54) is 48.8 Å². The predicted octanol–water partition coefficient (Wildman–Crippen LogP) is 3.23. The van der Waals surface area contributed by atoms with Crippen LogP contribution < -0.4 is 4.72 Å². The smallest absolute Gasteiger partial charge is 0.261 e. The molecule has 7 nitrogen and oxygen atoms in total. The summed E-state index contributed by atoms with van der Waals surface area (Å²) < 4.78 is 40.9. The number of rotatable bonds is 9. The molecule has 0 saturated heterocycles. The van der Waals surface area contributed by atoms with Gasteiger partial charge in [0.15, 0.2) is 0 Å². The van der Waals surface area contributed by atoms with Crippen molar-refractivity contribution in [3.05, 3.63) is 90.0 Å². The Morgan fingerprint density at radius 2 is 1.56 bits per heavy atom. The number of amides is 1. The van der Waals surface area contributed by atoms with Crippen LogP contribution in [0.4, 0.5) is 10.1 Å². The monoisotopic (exact) mass is 456 g/mol. The fourth-order valence-corrected chi connectivity index (χ4v) is 4.04. The third-order valence-electron chi connectivity index (χ3n) is 4.74. The molecule has 0 spiro atoms. The van der Waals surface area contributed by atoms with E-state index in [1.807, 2.05) is 19.0 Å². The number of aromatic nitrogens is 1. The number of likely N-dealkylation sites (N-methyl/N-ethyl adjacent to an activating group) is 1. The molecule has 1 heterocycles. The highest BCUT2D eigenvalue weighted by Crippen LogP contribution is 2.18. The summed E-state index contributed by atoms with van der Waals surface area (Å²) >= 11 is 0. The van der Waals surface area contributed by atoms with Crippen molar-refractivity contribution in [2.75, 3.05) is 31.9 Å². The Morgan fingerprint density at radius 1 is 0.938 bits per heavy atom. The van der Waals surface area contributed by atoms with E-state index in [4.69, 9.17) is 0 Å². The molecule has 2 aromatic carbocycles. The summed E-state index contributed by atoms with van der Waals surface area (Å²) in [6.07, 6.45) is 2.98. The maximum Gasteiger partial charge on any atom is 0.261 e. The number of sulfonamides is 1. The number of nitrogens with one attached hydrogen (secondary N) is 1. The van der Waals surface area contributed by atoms with E-state index in [2.05, 4.69) is 9.71 Å². The average molecular weight is 457 g/mol. The number of pyridine rings is 1. The molecule has 3 aromatic rings. The number of nitrogens with zero attached hydrogens (tertiary/aromatic N) is 3. The third-order valence-corrected chi connectivity index (χ3v) is 6.13. The molecule has 1 N–H and O–H groups in total. The molecule has 9 heteroatoms. The third kappa shape index (κ3) is 6.35. The molecule has 0 aliphatic carbocycles. The zero-order valence-electron chi connectivity index (χ0n) is 17.9. The van der Waals surface area contributed by atoms with Crippen molar-refractivity contribution < 1.29 is 17.6 Å². The second-order valence-electron chi connectivity index (χ2n) is 7.52. The Bertz CT molecular complexity index is 1140. The van der Waals surface area contributed by atoms with Crippen molar-refractivity contribution in [2.24, 2.45) is 0 Å². The molecule has 1 amide bonds.